The van der Waals surface area contributed by atoms with E-state index in [1.165, 1.54) is 24.0 Å². The van der Waals surface area contributed by atoms with Crippen molar-refractivity contribution < 1.29 is 4.79 Å². The highest BCUT2D eigenvalue weighted by atomic mass is 16.1. The van der Waals surface area contributed by atoms with Gasteiger partial charge in [-0.05, 0) is 43.9 Å². The Morgan fingerprint density at radius 1 is 1.47 bits per heavy atom. The van der Waals surface area contributed by atoms with Crippen LogP contribution in [-0.4, -0.2) is 24.1 Å². The summed E-state index contributed by atoms with van der Waals surface area (Å²) in [6.45, 7) is 3.35. The molecule has 1 aromatic rings. The van der Waals surface area contributed by atoms with Gasteiger partial charge in [0.1, 0.15) is 6.54 Å². The van der Waals surface area contributed by atoms with Gasteiger partial charge >= 0.3 is 0 Å². The second kappa shape index (κ2) is 6.75. The monoisotopic (exact) mass is 263 g/mol. The smallest absolute Gasteiger partial charge is 0.239 e. The van der Waals surface area contributed by atoms with Gasteiger partial charge in [0.05, 0.1) is 0 Å². The number of amides is 1. The lowest BCUT2D eigenvalue weighted by Gasteiger charge is -2.21. The van der Waals surface area contributed by atoms with Crippen molar-refractivity contribution in [2.24, 2.45) is 0 Å². The number of aryl methyl sites for hydroxylation is 1. The van der Waals surface area contributed by atoms with Gasteiger partial charge < -0.3 is 15.2 Å². The Hall–Kier alpha value is -1.29. The molecule has 4 nitrogen and oxygen atoms in total. The van der Waals surface area contributed by atoms with Crippen LogP contribution in [-0.2, 0) is 17.8 Å². The van der Waals surface area contributed by atoms with E-state index >= 15 is 0 Å². The van der Waals surface area contributed by atoms with Crippen molar-refractivity contribution in [3.05, 3.63) is 23.5 Å². The zero-order valence-electron chi connectivity index (χ0n) is 12.0. The molecule has 0 spiro atoms. The molecular weight excluding hydrogens is 238 g/mol. The molecule has 0 bridgehead atoms. The average molecular weight is 263 g/mol. The van der Waals surface area contributed by atoms with E-state index in [9.17, 15) is 4.79 Å². The second-order valence-corrected chi connectivity index (χ2v) is 5.35. The molecule has 106 valence electrons. The first-order chi connectivity index (χ1) is 9.24. The largest absolute Gasteiger partial charge is 0.355 e. The van der Waals surface area contributed by atoms with E-state index in [-0.39, 0.29) is 5.91 Å². The first kappa shape index (κ1) is 14.1. The highest BCUT2D eigenvalue weighted by Gasteiger charge is 2.20. The van der Waals surface area contributed by atoms with Crippen LogP contribution in [0.4, 0.5) is 0 Å². The third kappa shape index (κ3) is 3.60. The molecular formula is C15H25N3O. The Morgan fingerprint density at radius 2 is 2.32 bits per heavy atom. The third-order valence-corrected chi connectivity index (χ3v) is 3.84. The Labute approximate surface area is 115 Å². The van der Waals surface area contributed by atoms with E-state index in [1.807, 2.05) is 11.6 Å². The summed E-state index contributed by atoms with van der Waals surface area (Å²) in [5.74, 6) is 0.113. The molecule has 19 heavy (non-hydrogen) atoms. The van der Waals surface area contributed by atoms with Crippen molar-refractivity contribution in [3.63, 3.8) is 0 Å². The molecule has 0 saturated heterocycles. The van der Waals surface area contributed by atoms with Crippen molar-refractivity contribution in [1.29, 1.82) is 0 Å². The molecule has 1 heterocycles. The van der Waals surface area contributed by atoms with Crippen molar-refractivity contribution in [1.82, 2.24) is 15.2 Å². The molecule has 0 radical (unpaired) electrons. The quantitative estimate of drug-likeness (QED) is 0.771. The SMILES string of the molecule is CCCCNC(=O)Cn1cc2c(c1)C(NC)CCC2. The lowest BCUT2D eigenvalue weighted by molar-refractivity contribution is -0.121. The van der Waals surface area contributed by atoms with Gasteiger partial charge in [-0.3, -0.25) is 4.79 Å². The normalized spacial score (nSPS) is 18.1. The summed E-state index contributed by atoms with van der Waals surface area (Å²) in [6.07, 6.45) is 9.99. The lowest BCUT2D eigenvalue weighted by Crippen LogP contribution is -2.28. The molecule has 1 unspecified atom stereocenters. The molecule has 0 aromatic carbocycles. The summed E-state index contributed by atoms with van der Waals surface area (Å²) in [5.41, 5.74) is 2.77. The van der Waals surface area contributed by atoms with E-state index in [1.54, 1.807) is 0 Å². The van der Waals surface area contributed by atoms with Gasteiger partial charge in [-0.15, -0.1) is 0 Å². The molecule has 2 rings (SSSR count). The Morgan fingerprint density at radius 3 is 3.05 bits per heavy atom. The van der Waals surface area contributed by atoms with Crippen LogP contribution in [0.3, 0.4) is 0 Å². The molecule has 0 fully saturated rings. The summed E-state index contributed by atoms with van der Waals surface area (Å²) in [5, 5.41) is 6.32. The van der Waals surface area contributed by atoms with E-state index in [2.05, 4.69) is 30.0 Å². The van der Waals surface area contributed by atoms with Crippen molar-refractivity contribution in [3.8, 4) is 0 Å². The molecule has 2 N–H and O–H groups in total. The number of aromatic nitrogens is 1. The highest BCUT2D eigenvalue weighted by Crippen LogP contribution is 2.29. The predicted molar refractivity (Wildman–Crippen MR) is 77.1 cm³/mol. The van der Waals surface area contributed by atoms with E-state index in [0.29, 0.717) is 12.6 Å². The topological polar surface area (TPSA) is 46.1 Å². The Kier molecular flexibility index (Phi) is 5.02. The molecule has 4 heteroatoms. The predicted octanol–water partition coefficient (Wildman–Crippen LogP) is 2.00. The van der Waals surface area contributed by atoms with Crippen molar-refractivity contribution >= 4 is 5.91 Å². The summed E-state index contributed by atoms with van der Waals surface area (Å²) in [6, 6.07) is 0.452. The molecule has 1 amide bonds. The van der Waals surface area contributed by atoms with Crippen LogP contribution in [0, 0.1) is 0 Å². The Bertz CT molecular complexity index is 425. The number of carbonyl (C=O) groups excluding carboxylic acids is 1. The summed E-state index contributed by atoms with van der Waals surface area (Å²) < 4.78 is 2.03. The average Bonchev–Trinajstić information content (AvgIpc) is 2.80. The number of unbranched alkanes of at least 4 members (excludes halogenated alkanes) is 1. The minimum absolute atomic E-state index is 0.113. The maximum absolute atomic E-state index is 11.8. The van der Waals surface area contributed by atoms with Crippen LogP contribution in [0.5, 0.6) is 0 Å². The maximum atomic E-state index is 11.8. The number of nitrogens with one attached hydrogen (secondary N) is 2. The molecule has 0 saturated carbocycles. The summed E-state index contributed by atoms with van der Waals surface area (Å²) in [4.78, 5) is 11.8. The molecule has 0 aliphatic heterocycles. The fourth-order valence-electron chi connectivity index (χ4n) is 2.77. The Balaban J connectivity index is 1.95. The standard InChI is InChI=1S/C15H25N3O/c1-3-4-8-17-15(19)11-18-9-12-6-5-7-14(16-2)13(12)10-18/h9-10,14,16H,3-8,11H2,1-2H3,(H,17,19). The van der Waals surface area contributed by atoms with Crippen LogP contribution in [0.2, 0.25) is 0 Å². The first-order valence-corrected chi connectivity index (χ1v) is 7.37. The number of hydrogen-bond acceptors (Lipinski definition) is 2. The molecule has 1 aliphatic rings. The fourth-order valence-corrected chi connectivity index (χ4v) is 2.77. The van der Waals surface area contributed by atoms with Crippen LogP contribution in [0.1, 0.15) is 49.8 Å². The van der Waals surface area contributed by atoms with Gasteiger partial charge in [-0.1, -0.05) is 13.3 Å². The number of fused-ring (bicyclic) bond motifs is 1. The maximum Gasteiger partial charge on any atom is 0.239 e. The molecule has 1 atom stereocenters. The first-order valence-electron chi connectivity index (χ1n) is 7.37. The van der Waals surface area contributed by atoms with Crippen LogP contribution in [0.15, 0.2) is 12.4 Å². The molecule has 1 aromatic heterocycles. The summed E-state index contributed by atoms with van der Waals surface area (Å²) >= 11 is 0. The van der Waals surface area contributed by atoms with E-state index in [4.69, 9.17) is 0 Å². The van der Waals surface area contributed by atoms with E-state index < -0.39 is 0 Å². The number of hydrogen-bond donors (Lipinski definition) is 2. The summed E-state index contributed by atoms with van der Waals surface area (Å²) in [7, 11) is 2.01. The van der Waals surface area contributed by atoms with Gasteiger partial charge in [0.25, 0.3) is 0 Å². The number of rotatable bonds is 6. The zero-order valence-corrected chi connectivity index (χ0v) is 12.0. The van der Waals surface area contributed by atoms with Crippen LogP contribution in [0.25, 0.3) is 0 Å². The second-order valence-electron chi connectivity index (χ2n) is 5.35. The van der Waals surface area contributed by atoms with Gasteiger partial charge in [-0.2, -0.15) is 0 Å². The van der Waals surface area contributed by atoms with Crippen molar-refractivity contribution in [2.45, 2.75) is 51.6 Å². The molecule has 1 aliphatic carbocycles. The number of nitrogens with zero attached hydrogens (tertiary/aromatic N) is 1. The van der Waals surface area contributed by atoms with E-state index in [0.717, 1.165) is 25.8 Å². The minimum Gasteiger partial charge on any atom is -0.355 e. The fraction of sp³-hybridized carbons (Fsp3) is 0.667. The number of carbonyl (C=O) groups is 1. The third-order valence-electron chi connectivity index (χ3n) is 3.84. The van der Waals surface area contributed by atoms with Crippen LogP contribution >= 0.6 is 0 Å². The van der Waals surface area contributed by atoms with Gasteiger partial charge in [0, 0.05) is 25.0 Å². The minimum atomic E-state index is 0.113. The van der Waals surface area contributed by atoms with Crippen molar-refractivity contribution in [2.75, 3.05) is 13.6 Å². The van der Waals surface area contributed by atoms with Gasteiger partial charge in [0.15, 0.2) is 0 Å². The zero-order chi connectivity index (χ0) is 13.7. The highest BCUT2D eigenvalue weighted by molar-refractivity contribution is 5.75. The van der Waals surface area contributed by atoms with Gasteiger partial charge in [-0.25, -0.2) is 0 Å². The van der Waals surface area contributed by atoms with Crippen LogP contribution < -0.4 is 10.6 Å². The lowest BCUT2D eigenvalue weighted by atomic mass is 9.91. The van der Waals surface area contributed by atoms with Gasteiger partial charge in [0.2, 0.25) is 5.91 Å².